The van der Waals surface area contributed by atoms with E-state index in [2.05, 4.69) is 4.98 Å². The van der Waals surface area contributed by atoms with Gasteiger partial charge in [0.25, 0.3) is 0 Å². The van der Waals surface area contributed by atoms with Crippen LogP contribution in [-0.2, 0) is 6.61 Å². The Labute approximate surface area is 114 Å². The quantitative estimate of drug-likeness (QED) is 0.787. The second-order valence-corrected chi connectivity index (χ2v) is 4.22. The molecule has 0 amide bonds. The minimum absolute atomic E-state index is 0.209. The molecule has 5 heteroatoms. The van der Waals surface area contributed by atoms with E-state index in [4.69, 9.17) is 9.15 Å². The highest BCUT2D eigenvalue weighted by Crippen LogP contribution is 2.26. The first-order valence-electron chi connectivity index (χ1n) is 6.01. The molecule has 3 aromatic rings. The van der Waals surface area contributed by atoms with E-state index in [-0.39, 0.29) is 12.2 Å². The molecular weight excluding hydrogens is 258 g/mol. The molecule has 0 saturated carbocycles. The Morgan fingerprint density at radius 2 is 2.20 bits per heavy atom. The maximum Gasteiger partial charge on any atom is 0.336 e. The highest BCUT2D eigenvalue weighted by molar-refractivity contribution is 6.03. The van der Waals surface area contributed by atoms with Gasteiger partial charge in [-0.05, 0) is 24.3 Å². The number of nitrogens with zero attached hydrogens (tertiary/aromatic N) is 1. The Kier molecular flexibility index (Phi) is 3.09. The summed E-state index contributed by atoms with van der Waals surface area (Å²) in [6, 6.07) is 8.49. The first-order valence-corrected chi connectivity index (χ1v) is 6.01. The number of rotatable bonds is 4. The molecule has 0 aliphatic rings. The molecule has 0 bridgehead atoms. The van der Waals surface area contributed by atoms with Gasteiger partial charge in [-0.25, -0.2) is 4.79 Å². The monoisotopic (exact) mass is 269 g/mol. The van der Waals surface area contributed by atoms with E-state index in [1.807, 2.05) is 0 Å². The summed E-state index contributed by atoms with van der Waals surface area (Å²) in [6.45, 7) is 0.225. The zero-order valence-electron chi connectivity index (χ0n) is 10.4. The lowest BCUT2D eigenvalue weighted by atomic mass is 10.1. The smallest absolute Gasteiger partial charge is 0.336 e. The highest BCUT2D eigenvalue weighted by Gasteiger charge is 2.15. The van der Waals surface area contributed by atoms with E-state index in [0.717, 1.165) is 0 Å². The second kappa shape index (κ2) is 5.05. The molecule has 2 heterocycles. The van der Waals surface area contributed by atoms with Gasteiger partial charge in [0.1, 0.15) is 17.9 Å². The number of hydrogen-bond acceptors (Lipinski definition) is 4. The summed E-state index contributed by atoms with van der Waals surface area (Å²) >= 11 is 0. The first kappa shape index (κ1) is 12.2. The van der Waals surface area contributed by atoms with Crippen LogP contribution >= 0.6 is 0 Å². The van der Waals surface area contributed by atoms with Crippen LogP contribution in [0.15, 0.2) is 53.4 Å². The molecule has 1 aromatic carbocycles. The van der Waals surface area contributed by atoms with Crippen molar-refractivity contribution in [3.05, 3.63) is 60.1 Å². The van der Waals surface area contributed by atoms with Crippen LogP contribution in [0.5, 0.6) is 5.75 Å². The van der Waals surface area contributed by atoms with Crippen LogP contribution in [0.3, 0.4) is 0 Å². The van der Waals surface area contributed by atoms with Crippen molar-refractivity contribution < 1.29 is 19.1 Å². The lowest BCUT2D eigenvalue weighted by Gasteiger charge is -2.04. The van der Waals surface area contributed by atoms with Crippen LogP contribution in [0.2, 0.25) is 0 Å². The molecular formula is C15H11NO4. The molecule has 0 aliphatic heterocycles. The van der Waals surface area contributed by atoms with Gasteiger partial charge in [0, 0.05) is 17.1 Å². The van der Waals surface area contributed by atoms with E-state index >= 15 is 0 Å². The summed E-state index contributed by atoms with van der Waals surface area (Å²) in [5.41, 5.74) is 1.44. The molecule has 0 atom stereocenters. The van der Waals surface area contributed by atoms with Crippen molar-refractivity contribution >= 4 is 16.9 Å². The average molecular weight is 269 g/mol. The topological polar surface area (TPSA) is 72.6 Å². The van der Waals surface area contributed by atoms with Crippen molar-refractivity contribution in [2.45, 2.75) is 6.61 Å². The summed E-state index contributed by atoms with van der Waals surface area (Å²) in [7, 11) is 0. The number of aromatic carboxylic acids is 1. The third-order valence-electron chi connectivity index (χ3n) is 2.93. The largest absolute Gasteiger partial charge is 0.487 e. The van der Waals surface area contributed by atoms with Crippen LogP contribution in [0.1, 0.15) is 15.9 Å². The van der Waals surface area contributed by atoms with Crippen molar-refractivity contribution in [2.75, 3.05) is 0 Å². The van der Waals surface area contributed by atoms with Crippen molar-refractivity contribution in [2.24, 2.45) is 0 Å². The predicted molar refractivity (Wildman–Crippen MR) is 71.7 cm³/mol. The zero-order valence-corrected chi connectivity index (χ0v) is 10.4. The normalized spacial score (nSPS) is 10.6. The van der Waals surface area contributed by atoms with Crippen LogP contribution < -0.4 is 4.74 Å². The Balaban J connectivity index is 1.94. The number of hydrogen-bond donors (Lipinski definition) is 1. The van der Waals surface area contributed by atoms with Crippen LogP contribution in [0.25, 0.3) is 11.0 Å². The fourth-order valence-electron chi connectivity index (χ4n) is 2.03. The van der Waals surface area contributed by atoms with E-state index in [9.17, 15) is 9.90 Å². The van der Waals surface area contributed by atoms with Gasteiger partial charge in [0.2, 0.25) is 0 Å². The van der Waals surface area contributed by atoms with Crippen LogP contribution in [0, 0.1) is 0 Å². The summed E-state index contributed by atoms with van der Waals surface area (Å²) in [5, 5.41) is 9.79. The highest BCUT2D eigenvalue weighted by atomic mass is 16.5. The van der Waals surface area contributed by atoms with Crippen molar-refractivity contribution in [1.29, 1.82) is 0 Å². The van der Waals surface area contributed by atoms with Gasteiger partial charge in [-0.3, -0.25) is 4.98 Å². The van der Waals surface area contributed by atoms with Gasteiger partial charge in [0.05, 0.1) is 18.0 Å². The molecule has 1 N–H and O–H groups in total. The number of benzene rings is 1. The van der Waals surface area contributed by atoms with Gasteiger partial charge in [0.15, 0.2) is 0 Å². The molecule has 0 spiro atoms. The van der Waals surface area contributed by atoms with E-state index in [0.29, 0.717) is 22.3 Å². The number of carbonyl (C=O) groups is 1. The second-order valence-electron chi connectivity index (χ2n) is 4.22. The number of carboxylic acids is 1. The zero-order chi connectivity index (χ0) is 13.9. The lowest BCUT2D eigenvalue weighted by molar-refractivity contribution is 0.0699. The van der Waals surface area contributed by atoms with E-state index in [1.54, 1.807) is 42.7 Å². The Morgan fingerprint density at radius 1 is 1.30 bits per heavy atom. The molecule has 2 aromatic heterocycles. The fraction of sp³-hybridized carbons (Fsp3) is 0.0667. The SMILES string of the molecule is O=C(O)c1cccc2occ(COc3cccnc3)c12. The van der Waals surface area contributed by atoms with Gasteiger partial charge in [-0.1, -0.05) is 6.07 Å². The number of pyridine rings is 1. The van der Waals surface area contributed by atoms with Gasteiger partial charge >= 0.3 is 5.97 Å². The number of aromatic nitrogens is 1. The van der Waals surface area contributed by atoms with E-state index in [1.165, 1.54) is 6.26 Å². The number of furan rings is 1. The average Bonchev–Trinajstić information content (AvgIpc) is 2.89. The Morgan fingerprint density at radius 3 is 2.95 bits per heavy atom. The van der Waals surface area contributed by atoms with Crippen molar-refractivity contribution in [1.82, 2.24) is 4.98 Å². The number of ether oxygens (including phenoxy) is 1. The van der Waals surface area contributed by atoms with Crippen LogP contribution in [-0.4, -0.2) is 16.1 Å². The van der Waals surface area contributed by atoms with Crippen molar-refractivity contribution in [3.63, 3.8) is 0 Å². The molecule has 100 valence electrons. The minimum atomic E-state index is -0.986. The predicted octanol–water partition coefficient (Wildman–Crippen LogP) is 3.11. The third-order valence-corrected chi connectivity index (χ3v) is 2.93. The van der Waals surface area contributed by atoms with Gasteiger partial charge in [-0.2, -0.15) is 0 Å². The molecule has 0 fully saturated rings. The molecule has 20 heavy (non-hydrogen) atoms. The summed E-state index contributed by atoms with van der Waals surface area (Å²) < 4.78 is 10.9. The summed E-state index contributed by atoms with van der Waals surface area (Å²) in [4.78, 5) is 15.2. The van der Waals surface area contributed by atoms with Gasteiger partial charge < -0.3 is 14.3 Å². The molecule has 0 saturated heterocycles. The first-order chi connectivity index (χ1) is 9.75. The van der Waals surface area contributed by atoms with Crippen LogP contribution in [0.4, 0.5) is 0 Å². The molecule has 5 nitrogen and oxygen atoms in total. The Hall–Kier alpha value is -2.82. The minimum Gasteiger partial charge on any atom is -0.487 e. The fourth-order valence-corrected chi connectivity index (χ4v) is 2.03. The Bertz CT molecular complexity index is 749. The number of fused-ring (bicyclic) bond motifs is 1. The van der Waals surface area contributed by atoms with Gasteiger partial charge in [-0.15, -0.1) is 0 Å². The summed E-state index contributed by atoms with van der Waals surface area (Å²) in [6.07, 6.45) is 4.77. The van der Waals surface area contributed by atoms with E-state index < -0.39 is 5.97 Å². The molecule has 0 radical (unpaired) electrons. The summed E-state index contributed by atoms with van der Waals surface area (Å²) in [5.74, 6) is -0.366. The number of carboxylic acid groups (broad SMARTS) is 1. The third kappa shape index (κ3) is 2.21. The molecule has 0 aliphatic carbocycles. The van der Waals surface area contributed by atoms with Crippen molar-refractivity contribution in [3.8, 4) is 5.75 Å². The maximum atomic E-state index is 11.2. The lowest BCUT2D eigenvalue weighted by Crippen LogP contribution is -2.00. The standard InChI is InChI=1S/C15H11NO4/c17-15(18)12-4-1-5-13-14(12)10(9-20-13)8-19-11-3-2-6-16-7-11/h1-7,9H,8H2,(H,17,18). The molecule has 3 rings (SSSR count). The maximum absolute atomic E-state index is 11.2. The molecule has 0 unspecified atom stereocenters.